The van der Waals surface area contributed by atoms with E-state index in [1.807, 2.05) is 0 Å². The lowest BCUT2D eigenvalue weighted by Gasteiger charge is -2.31. The summed E-state index contributed by atoms with van der Waals surface area (Å²) in [6, 6.07) is 9.02. The SMILES string of the molecule is CCc1ccc(N(CCN)CC2CCCCC2)cc1. The highest BCUT2D eigenvalue weighted by Gasteiger charge is 2.17. The number of benzene rings is 1. The van der Waals surface area contributed by atoms with Gasteiger partial charge in [0.2, 0.25) is 0 Å². The summed E-state index contributed by atoms with van der Waals surface area (Å²) in [6.45, 7) is 5.10. The molecule has 106 valence electrons. The molecule has 0 atom stereocenters. The van der Waals surface area contributed by atoms with E-state index in [0.29, 0.717) is 0 Å². The maximum Gasteiger partial charge on any atom is 0.0366 e. The molecule has 1 aliphatic carbocycles. The van der Waals surface area contributed by atoms with Gasteiger partial charge in [-0.05, 0) is 42.9 Å². The summed E-state index contributed by atoms with van der Waals surface area (Å²) in [5, 5.41) is 0. The van der Waals surface area contributed by atoms with E-state index in [-0.39, 0.29) is 0 Å². The van der Waals surface area contributed by atoms with E-state index in [1.54, 1.807) is 0 Å². The van der Waals surface area contributed by atoms with Gasteiger partial charge in [0.15, 0.2) is 0 Å². The first-order valence-electron chi connectivity index (χ1n) is 7.87. The molecule has 0 aliphatic heterocycles. The molecule has 0 saturated heterocycles. The van der Waals surface area contributed by atoms with Crippen LogP contribution in [0.3, 0.4) is 0 Å². The first-order chi connectivity index (χ1) is 9.33. The molecule has 1 aromatic carbocycles. The second-order valence-corrected chi connectivity index (χ2v) is 5.76. The van der Waals surface area contributed by atoms with E-state index in [2.05, 4.69) is 36.1 Å². The van der Waals surface area contributed by atoms with E-state index in [1.165, 1.54) is 49.9 Å². The van der Waals surface area contributed by atoms with Gasteiger partial charge < -0.3 is 10.6 Å². The molecule has 0 unspecified atom stereocenters. The van der Waals surface area contributed by atoms with Gasteiger partial charge in [-0.3, -0.25) is 0 Å². The van der Waals surface area contributed by atoms with Crippen molar-refractivity contribution < 1.29 is 0 Å². The fourth-order valence-corrected chi connectivity index (χ4v) is 3.11. The van der Waals surface area contributed by atoms with E-state index >= 15 is 0 Å². The number of aryl methyl sites for hydroxylation is 1. The van der Waals surface area contributed by atoms with Crippen molar-refractivity contribution >= 4 is 5.69 Å². The van der Waals surface area contributed by atoms with Crippen molar-refractivity contribution in [1.82, 2.24) is 0 Å². The number of anilines is 1. The van der Waals surface area contributed by atoms with Crippen LogP contribution >= 0.6 is 0 Å². The molecule has 0 spiro atoms. The van der Waals surface area contributed by atoms with Gasteiger partial charge in [0.1, 0.15) is 0 Å². The molecule has 1 fully saturated rings. The van der Waals surface area contributed by atoms with Crippen molar-refractivity contribution in [2.45, 2.75) is 45.4 Å². The molecule has 2 N–H and O–H groups in total. The Morgan fingerprint density at radius 3 is 2.37 bits per heavy atom. The van der Waals surface area contributed by atoms with Gasteiger partial charge in [-0.1, -0.05) is 38.3 Å². The van der Waals surface area contributed by atoms with Crippen LogP contribution in [0.5, 0.6) is 0 Å². The molecule has 1 aliphatic rings. The highest BCUT2D eigenvalue weighted by atomic mass is 15.1. The zero-order valence-corrected chi connectivity index (χ0v) is 12.3. The number of hydrogen-bond donors (Lipinski definition) is 1. The van der Waals surface area contributed by atoms with Gasteiger partial charge in [0, 0.05) is 25.3 Å². The molecule has 2 rings (SSSR count). The average Bonchev–Trinajstić information content (AvgIpc) is 2.48. The molecule has 0 aromatic heterocycles. The Balaban J connectivity index is 2.00. The highest BCUT2D eigenvalue weighted by molar-refractivity contribution is 5.47. The van der Waals surface area contributed by atoms with Crippen LogP contribution in [0.4, 0.5) is 5.69 Å². The number of nitrogens with two attached hydrogens (primary N) is 1. The fraction of sp³-hybridized carbons (Fsp3) is 0.647. The second-order valence-electron chi connectivity index (χ2n) is 5.76. The van der Waals surface area contributed by atoms with Crippen LogP contribution in [0.2, 0.25) is 0 Å². The molecule has 1 saturated carbocycles. The van der Waals surface area contributed by atoms with Crippen LogP contribution in [0.15, 0.2) is 24.3 Å². The molecular weight excluding hydrogens is 232 g/mol. The van der Waals surface area contributed by atoms with Crippen molar-refractivity contribution in [2.24, 2.45) is 11.7 Å². The molecule has 2 nitrogen and oxygen atoms in total. The summed E-state index contributed by atoms with van der Waals surface area (Å²) in [4.78, 5) is 2.48. The number of hydrogen-bond acceptors (Lipinski definition) is 2. The Hall–Kier alpha value is -1.02. The van der Waals surface area contributed by atoms with Crippen LogP contribution in [-0.2, 0) is 6.42 Å². The van der Waals surface area contributed by atoms with Gasteiger partial charge in [-0.15, -0.1) is 0 Å². The molecule has 0 amide bonds. The minimum absolute atomic E-state index is 0.738. The summed E-state index contributed by atoms with van der Waals surface area (Å²) in [7, 11) is 0. The van der Waals surface area contributed by atoms with Crippen LogP contribution < -0.4 is 10.6 Å². The third-order valence-electron chi connectivity index (χ3n) is 4.31. The van der Waals surface area contributed by atoms with Crippen LogP contribution in [0.25, 0.3) is 0 Å². The molecular formula is C17H28N2. The zero-order valence-electron chi connectivity index (χ0n) is 12.3. The first kappa shape index (κ1) is 14.4. The Kier molecular flexibility index (Phi) is 5.71. The topological polar surface area (TPSA) is 29.3 Å². The third-order valence-corrected chi connectivity index (χ3v) is 4.31. The van der Waals surface area contributed by atoms with Gasteiger partial charge in [-0.25, -0.2) is 0 Å². The smallest absolute Gasteiger partial charge is 0.0366 e. The summed E-state index contributed by atoms with van der Waals surface area (Å²) in [5.41, 5.74) is 8.54. The Bertz CT molecular complexity index is 352. The molecule has 0 bridgehead atoms. The average molecular weight is 260 g/mol. The summed E-state index contributed by atoms with van der Waals surface area (Å²) in [5.74, 6) is 0.867. The van der Waals surface area contributed by atoms with Crippen molar-refractivity contribution in [2.75, 3.05) is 24.5 Å². The van der Waals surface area contributed by atoms with Gasteiger partial charge in [-0.2, -0.15) is 0 Å². The summed E-state index contributed by atoms with van der Waals surface area (Å²) < 4.78 is 0. The monoisotopic (exact) mass is 260 g/mol. The predicted octanol–water partition coefficient (Wildman–Crippen LogP) is 3.59. The molecule has 19 heavy (non-hydrogen) atoms. The van der Waals surface area contributed by atoms with E-state index in [0.717, 1.165) is 25.4 Å². The molecule has 2 heteroatoms. The Labute approximate surface area is 118 Å². The van der Waals surface area contributed by atoms with Crippen molar-refractivity contribution in [1.29, 1.82) is 0 Å². The zero-order chi connectivity index (χ0) is 13.5. The minimum Gasteiger partial charge on any atom is -0.370 e. The minimum atomic E-state index is 0.738. The molecule has 1 aromatic rings. The normalized spacial score (nSPS) is 16.5. The van der Waals surface area contributed by atoms with Gasteiger partial charge in [0.25, 0.3) is 0 Å². The van der Waals surface area contributed by atoms with E-state index in [9.17, 15) is 0 Å². The summed E-state index contributed by atoms with van der Waals surface area (Å²) >= 11 is 0. The van der Waals surface area contributed by atoms with Crippen molar-refractivity contribution in [3.05, 3.63) is 29.8 Å². The fourth-order valence-electron chi connectivity index (χ4n) is 3.11. The Morgan fingerprint density at radius 1 is 1.11 bits per heavy atom. The van der Waals surface area contributed by atoms with E-state index in [4.69, 9.17) is 5.73 Å². The quantitative estimate of drug-likeness (QED) is 0.847. The van der Waals surface area contributed by atoms with Gasteiger partial charge >= 0.3 is 0 Å². The van der Waals surface area contributed by atoms with Crippen LogP contribution in [0.1, 0.15) is 44.6 Å². The number of nitrogens with zero attached hydrogens (tertiary/aromatic N) is 1. The first-order valence-corrected chi connectivity index (χ1v) is 7.87. The van der Waals surface area contributed by atoms with E-state index < -0.39 is 0 Å². The molecule has 0 radical (unpaired) electrons. The van der Waals surface area contributed by atoms with Crippen LogP contribution in [0, 0.1) is 5.92 Å². The second kappa shape index (κ2) is 7.54. The largest absolute Gasteiger partial charge is 0.370 e. The third kappa shape index (κ3) is 4.24. The van der Waals surface area contributed by atoms with Gasteiger partial charge in [0.05, 0.1) is 0 Å². The standard InChI is InChI=1S/C17H28N2/c1-2-15-8-10-17(11-9-15)19(13-12-18)14-16-6-4-3-5-7-16/h8-11,16H,2-7,12-14,18H2,1H3. The Morgan fingerprint density at radius 2 is 1.79 bits per heavy atom. The van der Waals surface area contributed by atoms with Crippen molar-refractivity contribution in [3.63, 3.8) is 0 Å². The maximum absolute atomic E-state index is 5.79. The summed E-state index contributed by atoms with van der Waals surface area (Å²) in [6.07, 6.45) is 8.16. The maximum atomic E-state index is 5.79. The molecule has 0 heterocycles. The lowest BCUT2D eigenvalue weighted by atomic mass is 9.89. The number of rotatable bonds is 6. The highest BCUT2D eigenvalue weighted by Crippen LogP contribution is 2.26. The van der Waals surface area contributed by atoms with Crippen molar-refractivity contribution in [3.8, 4) is 0 Å². The lowest BCUT2D eigenvalue weighted by molar-refractivity contribution is 0.358. The lowest BCUT2D eigenvalue weighted by Crippen LogP contribution is -2.34. The predicted molar refractivity (Wildman–Crippen MR) is 83.7 cm³/mol. The van der Waals surface area contributed by atoms with Crippen LogP contribution in [-0.4, -0.2) is 19.6 Å².